The fourth-order valence-corrected chi connectivity index (χ4v) is 5.52. The van der Waals surface area contributed by atoms with Crippen molar-refractivity contribution in [2.75, 3.05) is 17.3 Å². The quantitative estimate of drug-likeness (QED) is 0.212. The number of halogens is 1. The molecule has 0 saturated heterocycles. The van der Waals surface area contributed by atoms with Gasteiger partial charge in [-0.2, -0.15) is 5.10 Å². The van der Waals surface area contributed by atoms with Crippen molar-refractivity contribution in [1.29, 1.82) is 0 Å². The summed E-state index contributed by atoms with van der Waals surface area (Å²) in [6.07, 6.45) is 8.38. The average Bonchev–Trinajstić information content (AvgIpc) is 3.54. The van der Waals surface area contributed by atoms with E-state index in [-0.39, 0.29) is 18.2 Å². The third kappa shape index (κ3) is 5.66. The fourth-order valence-electron chi connectivity index (χ4n) is 4.92. The van der Waals surface area contributed by atoms with Crippen LogP contribution in [0.3, 0.4) is 0 Å². The number of pyridine rings is 3. The molecular weight excluding hydrogens is 541 g/mol. The summed E-state index contributed by atoms with van der Waals surface area (Å²) >= 11 is 0. The van der Waals surface area contributed by atoms with Gasteiger partial charge in [-0.15, -0.1) is 0 Å². The van der Waals surface area contributed by atoms with Gasteiger partial charge in [-0.05, 0) is 68.3 Å². The van der Waals surface area contributed by atoms with Gasteiger partial charge in [0.25, 0.3) is 0 Å². The number of benzene rings is 1. The minimum atomic E-state index is -3.18. The molecular formula is C30H28FN7O2S. The van der Waals surface area contributed by atoms with Crippen LogP contribution in [0.15, 0.2) is 67.3 Å². The van der Waals surface area contributed by atoms with Crippen LogP contribution in [0.1, 0.15) is 19.4 Å². The number of anilines is 1. The number of hydrogen-bond donors (Lipinski definition) is 3. The van der Waals surface area contributed by atoms with Crippen molar-refractivity contribution >= 4 is 37.3 Å². The molecule has 11 heteroatoms. The van der Waals surface area contributed by atoms with Gasteiger partial charge >= 0.3 is 0 Å². The SMILES string of the molecule is CC(C)Nc1cncc(-c2cc3c(-c4cc5c(-c6cc(F)cc(CCS(C)(=O)=O)c6)nccc5[nH]4)n[nH]c3cn2)c1. The second-order valence-corrected chi connectivity index (χ2v) is 12.7. The topological polar surface area (TPSA) is 129 Å². The first-order chi connectivity index (χ1) is 19.6. The second kappa shape index (κ2) is 10.4. The van der Waals surface area contributed by atoms with E-state index in [1.54, 1.807) is 30.9 Å². The van der Waals surface area contributed by atoms with Gasteiger partial charge in [-0.3, -0.25) is 20.1 Å². The van der Waals surface area contributed by atoms with Gasteiger partial charge < -0.3 is 10.3 Å². The number of fused-ring (bicyclic) bond motifs is 2. The predicted octanol–water partition coefficient (Wildman–Crippen LogP) is 5.78. The monoisotopic (exact) mass is 569 g/mol. The molecule has 6 rings (SSSR count). The summed E-state index contributed by atoms with van der Waals surface area (Å²) in [5.41, 5.74) is 7.39. The van der Waals surface area contributed by atoms with Gasteiger partial charge in [0.1, 0.15) is 21.3 Å². The Morgan fingerprint density at radius 1 is 0.927 bits per heavy atom. The molecule has 0 spiro atoms. The number of aromatic amines is 2. The van der Waals surface area contributed by atoms with Crippen LogP contribution in [0.25, 0.3) is 55.7 Å². The molecule has 0 bridgehead atoms. The van der Waals surface area contributed by atoms with Crippen molar-refractivity contribution in [3.8, 4) is 33.9 Å². The molecule has 0 aliphatic carbocycles. The van der Waals surface area contributed by atoms with E-state index in [0.717, 1.165) is 44.4 Å². The van der Waals surface area contributed by atoms with Crippen molar-refractivity contribution in [2.24, 2.45) is 0 Å². The number of sulfone groups is 1. The third-order valence-electron chi connectivity index (χ3n) is 6.73. The Balaban J connectivity index is 1.40. The zero-order chi connectivity index (χ0) is 28.7. The molecule has 3 N–H and O–H groups in total. The van der Waals surface area contributed by atoms with Crippen LogP contribution in [-0.4, -0.2) is 56.6 Å². The Kier molecular flexibility index (Phi) is 6.74. The van der Waals surface area contributed by atoms with E-state index in [4.69, 9.17) is 0 Å². The molecule has 41 heavy (non-hydrogen) atoms. The van der Waals surface area contributed by atoms with E-state index < -0.39 is 15.7 Å². The highest BCUT2D eigenvalue weighted by Gasteiger charge is 2.17. The molecule has 0 amide bonds. The molecule has 0 fully saturated rings. The van der Waals surface area contributed by atoms with Crippen LogP contribution in [0.2, 0.25) is 0 Å². The Hall–Kier alpha value is -4.64. The molecule has 0 radical (unpaired) electrons. The van der Waals surface area contributed by atoms with Crippen LogP contribution in [-0.2, 0) is 16.3 Å². The molecule has 5 heterocycles. The van der Waals surface area contributed by atoms with E-state index in [2.05, 4.69) is 49.3 Å². The average molecular weight is 570 g/mol. The molecule has 0 aliphatic rings. The summed E-state index contributed by atoms with van der Waals surface area (Å²) < 4.78 is 37.9. The number of nitrogens with zero attached hydrogens (tertiary/aromatic N) is 4. The lowest BCUT2D eigenvalue weighted by molar-refractivity contribution is 0.600. The summed E-state index contributed by atoms with van der Waals surface area (Å²) in [5.74, 6) is -0.500. The van der Waals surface area contributed by atoms with Crippen LogP contribution in [0, 0.1) is 5.82 Å². The van der Waals surface area contributed by atoms with E-state index in [1.807, 2.05) is 24.3 Å². The summed E-state index contributed by atoms with van der Waals surface area (Å²) in [7, 11) is -3.18. The maximum Gasteiger partial charge on any atom is 0.147 e. The van der Waals surface area contributed by atoms with Gasteiger partial charge in [-0.25, -0.2) is 12.8 Å². The smallest absolute Gasteiger partial charge is 0.147 e. The van der Waals surface area contributed by atoms with Crippen LogP contribution < -0.4 is 5.32 Å². The Morgan fingerprint density at radius 3 is 2.56 bits per heavy atom. The highest BCUT2D eigenvalue weighted by Crippen LogP contribution is 2.34. The number of H-pyrrole nitrogens is 2. The summed E-state index contributed by atoms with van der Waals surface area (Å²) in [4.78, 5) is 17.0. The number of nitrogens with one attached hydrogen (secondary N) is 3. The van der Waals surface area contributed by atoms with Crippen molar-refractivity contribution in [3.05, 3.63) is 78.6 Å². The molecule has 208 valence electrons. The lowest BCUT2D eigenvalue weighted by atomic mass is 10.0. The van der Waals surface area contributed by atoms with Crippen LogP contribution in [0.4, 0.5) is 10.1 Å². The minimum Gasteiger partial charge on any atom is -0.382 e. The van der Waals surface area contributed by atoms with Gasteiger partial charge in [0, 0.05) is 58.3 Å². The number of rotatable bonds is 8. The van der Waals surface area contributed by atoms with Gasteiger partial charge in [0.15, 0.2) is 0 Å². The van der Waals surface area contributed by atoms with Crippen molar-refractivity contribution in [1.82, 2.24) is 30.1 Å². The first-order valence-corrected chi connectivity index (χ1v) is 15.2. The molecule has 0 saturated carbocycles. The summed E-state index contributed by atoms with van der Waals surface area (Å²) in [6.45, 7) is 4.14. The second-order valence-electron chi connectivity index (χ2n) is 10.5. The number of aryl methyl sites for hydroxylation is 1. The highest BCUT2D eigenvalue weighted by molar-refractivity contribution is 7.90. The number of aromatic nitrogens is 6. The lowest BCUT2D eigenvalue weighted by Gasteiger charge is -2.10. The Bertz CT molecular complexity index is 2010. The van der Waals surface area contributed by atoms with Gasteiger partial charge in [-0.1, -0.05) is 0 Å². The Labute approximate surface area is 236 Å². The Morgan fingerprint density at radius 2 is 1.76 bits per heavy atom. The summed E-state index contributed by atoms with van der Waals surface area (Å²) in [5, 5.41) is 12.7. The fraction of sp³-hybridized carbons (Fsp3) is 0.200. The van der Waals surface area contributed by atoms with E-state index in [1.165, 1.54) is 18.4 Å². The molecule has 6 aromatic rings. The third-order valence-corrected chi connectivity index (χ3v) is 7.68. The molecule has 0 atom stereocenters. The van der Waals surface area contributed by atoms with Crippen LogP contribution >= 0.6 is 0 Å². The minimum absolute atomic E-state index is 0.0561. The van der Waals surface area contributed by atoms with Crippen LogP contribution in [0.5, 0.6) is 0 Å². The predicted molar refractivity (Wildman–Crippen MR) is 160 cm³/mol. The lowest BCUT2D eigenvalue weighted by Crippen LogP contribution is -2.09. The first-order valence-electron chi connectivity index (χ1n) is 13.1. The van der Waals surface area contributed by atoms with E-state index >= 15 is 0 Å². The maximum atomic E-state index is 14.6. The first kappa shape index (κ1) is 26.6. The standard InChI is InChI=1S/C30H28FN7O2S/c1-17(2)35-22-11-20(14-32-15-22)26-12-24-28(16-34-26)37-38-30(24)27-13-23-25(36-27)4-6-33-29(23)19-8-18(9-21(31)10-19)5-7-41(3,39)40/h4,6,8-17,35-36H,5,7H2,1-3H3,(H,37,38). The summed E-state index contributed by atoms with van der Waals surface area (Å²) in [6, 6.07) is 12.6. The zero-order valence-corrected chi connectivity index (χ0v) is 23.6. The van der Waals surface area contributed by atoms with Crippen molar-refractivity contribution in [3.63, 3.8) is 0 Å². The van der Waals surface area contributed by atoms with E-state index in [9.17, 15) is 12.8 Å². The zero-order valence-electron chi connectivity index (χ0n) is 22.7. The molecule has 0 aliphatic heterocycles. The van der Waals surface area contributed by atoms with E-state index in [0.29, 0.717) is 22.5 Å². The molecule has 5 aromatic heterocycles. The highest BCUT2D eigenvalue weighted by atomic mass is 32.2. The molecule has 1 aromatic carbocycles. The maximum absolute atomic E-state index is 14.6. The largest absolute Gasteiger partial charge is 0.382 e. The van der Waals surface area contributed by atoms with Crippen molar-refractivity contribution < 1.29 is 12.8 Å². The van der Waals surface area contributed by atoms with Gasteiger partial charge in [0.05, 0.1) is 40.2 Å². The normalized spacial score (nSPS) is 12.0. The van der Waals surface area contributed by atoms with Gasteiger partial charge in [0.2, 0.25) is 0 Å². The number of hydrogen-bond acceptors (Lipinski definition) is 7. The molecule has 9 nitrogen and oxygen atoms in total. The van der Waals surface area contributed by atoms with Crippen molar-refractivity contribution in [2.45, 2.75) is 26.3 Å². The molecule has 0 unspecified atom stereocenters.